The second kappa shape index (κ2) is 29.6. The summed E-state index contributed by atoms with van der Waals surface area (Å²) in [5.41, 5.74) is 5.38. The van der Waals surface area contributed by atoms with Gasteiger partial charge in [0.15, 0.2) is 17.1 Å². The topological polar surface area (TPSA) is 219 Å². The minimum Gasteiger partial charge on any atom is -0.497 e. The lowest BCUT2D eigenvalue weighted by Crippen LogP contribution is -2.42. The summed E-state index contributed by atoms with van der Waals surface area (Å²) in [7, 11) is 2.89. The lowest BCUT2D eigenvalue weighted by atomic mass is 9.76. The number of hydrogen-bond acceptors (Lipinski definition) is 17. The van der Waals surface area contributed by atoms with Crippen LogP contribution in [-0.4, -0.2) is 140 Å². The van der Waals surface area contributed by atoms with E-state index in [2.05, 4.69) is 49.8 Å². The maximum Gasteiger partial charge on any atom is 0.492 e. The van der Waals surface area contributed by atoms with Crippen LogP contribution in [0.1, 0.15) is 133 Å². The molecular weight excluding hydrogens is 1310 g/mol. The van der Waals surface area contributed by atoms with Crippen molar-refractivity contribution in [2.45, 2.75) is 131 Å². The minimum absolute atomic E-state index is 0.0104. The Hall–Kier alpha value is -8.81. The van der Waals surface area contributed by atoms with Gasteiger partial charge in [-0.25, -0.2) is 33.7 Å². The molecule has 0 spiro atoms. The minimum atomic E-state index is -0.589. The lowest BCUT2D eigenvalue weighted by molar-refractivity contribution is 0.00578. The quantitative estimate of drug-likeness (QED) is 0.0306. The molecule has 0 bridgehead atoms. The van der Waals surface area contributed by atoms with Crippen LogP contribution in [0.15, 0.2) is 139 Å². The second-order valence-electron chi connectivity index (χ2n) is 25.7. The zero-order chi connectivity index (χ0) is 67.7. The SMILES string of the molecule is CC(C)(C)OC(=O)N1CCC=C(B2OC(C)(C)C(C)(C)O2)C1.CCOC(=O)c1ccc(Oc2ccnc3c2c(I)nn3Cc2ccc(OC)cc2)cc1.COc1ccc(Cn2nc(C3=CCCN(C(=O)OC(C)(C)C)C3)c3c(Oc4ccc(C(C)=O)cc4)ccnc32)cc1. The molecule has 494 valence electrons. The molecule has 1 saturated heterocycles. The number of ketones is 1. The Balaban J connectivity index is 0.000000174. The standard InChI is InChI=1S/C32H34N4O5.C23H20IN3O4.C16H28BNO4/c1-21(37)23-10-14-26(15-11-23)40-27-16-17-33-30-28(27)29(34-36(30)19-22-8-12-25(39-5)13-9-22)24-7-6-18-35(20-24)31(38)41-32(2,3)4;1-3-30-23(28)16-6-10-18(11-7-16)31-19-12-13-25-22-20(19)21(24)26-27(22)14-15-4-8-17(29-2)9-5-15;1-14(2,3)20-13(19)18-10-8-9-12(11-18)17-21-15(4,5)16(6,7)22-17/h7-17H,6,18-20H2,1-5H3;4-13H,3,14H2,1-2H3;9H,8,10-11H2,1-7H3. The highest BCUT2D eigenvalue weighted by atomic mass is 127. The largest absolute Gasteiger partial charge is 0.497 e. The van der Waals surface area contributed by atoms with E-state index >= 15 is 0 Å². The summed E-state index contributed by atoms with van der Waals surface area (Å²) in [5, 5.41) is 11.2. The van der Waals surface area contributed by atoms with Crippen LogP contribution in [0.25, 0.3) is 27.6 Å². The van der Waals surface area contributed by atoms with Crippen molar-refractivity contribution in [3.05, 3.63) is 171 Å². The number of benzene rings is 4. The number of amides is 2. The highest BCUT2D eigenvalue weighted by Gasteiger charge is 2.53. The fraction of sp³-hybridized carbons (Fsp3) is 0.380. The molecule has 0 N–H and O–H groups in total. The van der Waals surface area contributed by atoms with E-state index in [1.807, 2.05) is 133 Å². The predicted molar refractivity (Wildman–Crippen MR) is 368 cm³/mol. The molecule has 8 aromatic rings. The average molecular weight is 1390 g/mol. The summed E-state index contributed by atoms with van der Waals surface area (Å²) in [4.78, 5) is 61.3. The fourth-order valence-corrected chi connectivity index (χ4v) is 11.0. The Kier molecular flexibility index (Phi) is 21.9. The first-order valence-electron chi connectivity index (χ1n) is 31.2. The molecule has 2 amide bonds. The van der Waals surface area contributed by atoms with Crippen LogP contribution in [-0.2, 0) is 36.6 Å². The van der Waals surface area contributed by atoms with Gasteiger partial charge in [-0.1, -0.05) is 36.4 Å². The number of ether oxygens (including phenoxy) is 7. The number of carbonyl (C=O) groups excluding carboxylic acids is 4. The van der Waals surface area contributed by atoms with Crippen molar-refractivity contribution in [3.8, 4) is 34.5 Å². The van der Waals surface area contributed by atoms with Gasteiger partial charge in [0, 0.05) is 43.7 Å². The molecule has 0 aliphatic carbocycles. The van der Waals surface area contributed by atoms with Crippen molar-refractivity contribution in [2.24, 2.45) is 0 Å². The molecule has 23 heteroatoms. The summed E-state index contributed by atoms with van der Waals surface area (Å²) in [6.07, 6.45) is 8.44. The number of nitrogens with zero attached hydrogens (tertiary/aromatic N) is 8. The third kappa shape index (κ3) is 17.5. The summed E-state index contributed by atoms with van der Waals surface area (Å²) >= 11 is 2.19. The van der Waals surface area contributed by atoms with Gasteiger partial charge in [0.2, 0.25) is 0 Å². The van der Waals surface area contributed by atoms with E-state index in [1.165, 1.54) is 6.92 Å². The first kappa shape index (κ1) is 69.5. The first-order chi connectivity index (χ1) is 44.6. The third-order valence-corrected chi connectivity index (χ3v) is 16.5. The average Bonchev–Trinajstić information content (AvgIpc) is 1.62. The van der Waals surface area contributed by atoms with E-state index < -0.39 is 18.3 Å². The van der Waals surface area contributed by atoms with Crippen molar-refractivity contribution in [2.75, 3.05) is 47.0 Å². The lowest BCUT2D eigenvalue weighted by Gasteiger charge is -2.32. The van der Waals surface area contributed by atoms with Gasteiger partial charge >= 0.3 is 25.3 Å². The van der Waals surface area contributed by atoms with E-state index in [-0.39, 0.29) is 35.1 Å². The molecule has 0 saturated carbocycles. The predicted octanol–water partition coefficient (Wildman–Crippen LogP) is 14.8. The molecular formula is C71H82BIN8O13. The van der Waals surface area contributed by atoms with Crippen LogP contribution < -0.4 is 18.9 Å². The Labute approximate surface area is 562 Å². The molecule has 3 aliphatic rings. The van der Waals surface area contributed by atoms with E-state index in [0.29, 0.717) is 97.8 Å². The Morgan fingerprint density at radius 2 is 1.03 bits per heavy atom. The molecule has 4 aromatic heterocycles. The van der Waals surface area contributed by atoms with Crippen LogP contribution in [0.3, 0.4) is 0 Å². The van der Waals surface area contributed by atoms with Crippen LogP contribution in [0.2, 0.25) is 0 Å². The van der Waals surface area contributed by atoms with Crippen molar-refractivity contribution < 1.29 is 61.6 Å². The molecule has 0 atom stereocenters. The van der Waals surface area contributed by atoms with E-state index in [1.54, 1.807) is 97.9 Å². The Morgan fingerprint density at radius 3 is 1.51 bits per heavy atom. The molecule has 7 heterocycles. The molecule has 94 heavy (non-hydrogen) atoms. The smallest absolute Gasteiger partial charge is 0.492 e. The number of Topliss-reactive ketones (excluding diaryl/α,β-unsaturated/α-hetero) is 1. The number of methoxy groups -OCH3 is 2. The normalized spacial score (nSPS) is 15.2. The number of fused-ring (bicyclic) bond motifs is 2. The highest BCUT2D eigenvalue weighted by molar-refractivity contribution is 14.1. The first-order valence-corrected chi connectivity index (χ1v) is 32.3. The van der Waals surface area contributed by atoms with Crippen molar-refractivity contribution in [1.82, 2.24) is 39.3 Å². The summed E-state index contributed by atoms with van der Waals surface area (Å²) in [6, 6.07) is 33.2. The van der Waals surface area contributed by atoms with Crippen molar-refractivity contribution in [1.29, 1.82) is 0 Å². The maximum atomic E-state index is 12.9. The summed E-state index contributed by atoms with van der Waals surface area (Å²) in [5.74, 6) is 3.66. The third-order valence-electron chi connectivity index (χ3n) is 15.7. The molecule has 0 unspecified atom stereocenters. The van der Waals surface area contributed by atoms with Gasteiger partial charge in [-0.3, -0.25) is 4.79 Å². The van der Waals surface area contributed by atoms with E-state index in [0.717, 1.165) is 60.2 Å². The van der Waals surface area contributed by atoms with Crippen LogP contribution in [0.4, 0.5) is 9.59 Å². The number of aromatic nitrogens is 6. The van der Waals surface area contributed by atoms with Crippen LogP contribution in [0.5, 0.6) is 34.5 Å². The van der Waals surface area contributed by atoms with E-state index in [9.17, 15) is 19.2 Å². The maximum absolute atomic E-state index is 12.9. The Bertz CT molecular complexity index is 4040. The number of carbonyl (C=O) groups is 4. The second-order valence-corrected chi connectivity index (χ2v) is 26.7. The van der Waals surface area contributed by atoms with Gasteiger partial charge in [0.1, 0.15) is 55.1 Å². The number of rotatable bonds is 15. The zero-order valence-corrected chi connectivity index (χ0v) is 58.1. The number of pyridine rings is 2. The summed E-state index contributed by atoms with van der Waals surface area (Å²) in [6.45, 7) is 26.1. The monoisotopic (exact) mass is 1390 g/mol. The molecule has 3 aliphatic heterocycles. The van der Waals surface area contributed by atoms with E-state index in [4.69, 9.17) is 47.6 Å². The number of halogens is 1. The molecule has 11 rings (SSSR count). The highest BCUT2D eigenvalue weighted by Crippen LogP contribution is 2.40. The molecule has 21 nitrogen and oxygen atoms in total. The number of hydrogen-bond donors (Lipinski definition) is 0. The molecule has 1 fully saturated rings. The Morgan fingerprint density at radius 1 is 0.585 bits per heavy atom. The van der Waals surface area contributed by atoms with Gasteiger partial charge in [-0.05, 0) is 220 Å². The van der Waals surface area contributed by atoms with Crippen molar-refractivity contribution in [3.63, 3.8) is 0 Å². The molecule has 4 aromatic carbocycles. The van der Waals surface area contributed by atoms with Gasteiger partial charge in [0.25, 0.3) is 0 Å². The summed E-state index contributed by atoms with van der Waals surface area (Å²) < 4.78 is 55.7. The van der Waals surface area contributed by atoms with Gasteiger partial charge in [-0.15, -0.1) is 0 Å². The van der Waals surface area contributed by atoms with Gasteiger partial charge in [-0.2, -0.15) is 10.2 Å². The number of esters is 1. The molecule has 0 radical (unpaired) electrons. The van der Waals surface area contributed by atoms with Crippen molar-refractivity contribution >= 4 is 81.3 Å². The van der Waals surface area contributed by atoms with Gasteiger partial charge < -0.3 is 52.3 Å². The zero-order valence-electron chi connectivity index (χ0n) is 55.9. The fourth-order valence-electron chi connectivity index (χ4n) is 10.2. The van der Waals surface area contributed by atoms with Crippen LogP contribution >= 0.6 is 22.6 Å². The van der Waals surface area contributed by atoms with Crippen LogP contribution in [0, 0.1) is 3.70 Å². The van der Waals surface area contributed by atoms with Gasteiger partial charge in [0.05, 0.1) is 68.0 Å².